The SMILES string of the molecule is COc1c(C)cc(C)cc1C(=O)CC(C)=O. The minimum absolute atomic E-state index is 0.0702. The standard InChI is InChI=1S/C13H16O3/c1-8-5-9(2)13(16-4)11(6-8)12(15)7-10(3)14/h5-6H,7H2,1-4H3. The number of ketones is 2. The second-order valence-electron chi connectivity index (χ2n) is 3.96. The zero-order valence-corrected chi connectivity index (χ0v) is 10.1. The highest BCUT2D eigenvalue weighted by atomic mass is 16.5. The number of rotatable bonds is 4. The van der Waals surface area contributed by atoms with Gasteiger partial charge in [-0.25, -0.2) is 0 Å². The van der Waals surface area contributed by atoms with Gasteiger partial charge in [-0.15, -0.1) is 0 Å². The number of hydrogen-bond acceptors (Lipinski definition) is 3. The first kappa shape index (κ1) is 12.4. The van der Waals surface area contributed by atoms with Crippen molar-refractivity contribution in [1.29, 1.82) is 0 Å². The van der Waals surface area contributed by atoms with E-state index in [2.05, 4.69) is 0 Å². The van der Waals surface area contributed by atoms with Crippen molar-refractivity contribution >= 4 is 11.6 Å². The quantitative estimate of drug-likeness (QED) is 0.578. The highest BCUT2D eigenvalue weighted by Crippen LogP contribution is 2.26. The molecule has 0 saturated heterocycles. The number of carbonyl (C=O) groups excluding carboxylic acids is 2. The average Bonchev–Trinajstić information content (AvgIpc) is 2.15. The van der Waals surface area contributed by atoms with Crippen LogP contribution < -0.4 is 4.74 Å². The minimum Gasteiger partial charge on any atom is -0.496 e. The number of aryl methyl sites for hydroxylation is 2. The molecule has 0 amide bonds. The first-order valence-electron chi connectivity index (χ1n) is 5.13. The van der Waals surface area contributed by atoms with Crippen LogP contribution in [0.25, 0.3) is 0 Å². The van der Waals surface area contributed by atoms with Gasteiger partial charge >= 0.3 is 0 Å². The Morgan fingerprint density at radius 1 is 1.25 bits per heavy atom. The molecule has 0 heterocycles. The zero-order valence-electron chi connectivity index (χ0n) is 10.1. The first-order valence-corrected chi connectivity index (χ1v) is 5.13. The van der Waals surface area contributed by atoms with Crippen molar-refractivity contribution < 1.29 is 14.3 Å². The molecular weight excluding hydrogens is 204 g/mol. The van der Waals surface area contributed by atoms with Gasteiger partial charge in [0.15, 0.2) is 5.78 Å². The summed E-state index contributed by atoms with van der Waals surface area (Å²) in [7, 11) is 1.53. The summed E-state index contributed by atoms with van der Waals surface area (Å²) in [5.41, 5.74) is 2.40. The summed E-state index contributed by atoms with van der Waals surface area (Å²) in [4.78, 5) is 22.8. The molecule has 0 N–H and O–H groups in total. The highest BCUT2D eigenvalue weighted by Gasteiger charge is 2.16. The maximum atomic E-state index is 11.8. The van der Waals surface area contributed by atoms with Gasteiger partial charge in [-0.2, -0.15) is 0 Å². The molecule has 0 radical (unpaired) electrons. The van der Waals surface area contributed by atoms with E-state index in [1.807, 2.05) is 19.9 Å². The molecule has 0 fully saturated rings. The fraction of sp³-hybridized carbons (Fsp3) is 0.385. The number of benzene rings is 1. The molecule has 16 heavy (non-hydrogen) atoms. The van der Waals surface area contributed by atoms with Gasteiger partial charge < -0.3 is 4.74 Å². The van der Waals surface area contributed by atoms with Crippen LogP contribution in [0.4, 0.5) is 0 Å². The van der Waals surface area contributed by atoms with Crippen LogP contribution in [0.2, 0.25) is 0 Å². The van der Waals surface area contributed by atoms with Gasteiger partial charge in [0.25, 0.3) is 0 Å². The molecule has 3 heteroatoms. The molecule has 0 aromatic heterocycles. The Labute approximate surface area is 95.4 Å². The number of methoxy groups -OCH3 is 1. The molecule has 0 aliphatic rings. The average molecular weight is 220 g/mol. The van der Waals surface area contributed by atoms with Crippen molar-refractivity contribution in [2.75, 3.05) is 7.11 Å². The third-order valence-electron chi connectivity index (χ3n) is 2.33. The monoisotopic (exact) mass is 220 g/mol. The third-order valence-corrected chi connectivity index (χ3v) is 2.33. The number of hydrogen-bond donors (Lipinski definition) is 0. The molecule has 0 aliphatic heterocycles. The van der Waals surface area contributed by atoms with E-state index in [0.29, 0.717) is 11.3 Å². The Kier molecular flexibility index (Phi) is 3.82. The fourth-order valence-electron chi connectivity index (χ4n) is 1.75. The van der Waals surface area contributed by atoms with Crippen LogP contribution in [0.3, 0.4) is 0 Å². The van der Waals surface area contributed by atoms with Crippen molar-refractivity contribution in [3.63, 3.8) is 0 Å². The molecule has 0 saturated carbocycles. The minimum atomic E-state index is -0.184. The summed E-state index contributed by atoms with van der Waals surface area (Å²) in [5.74, 6) is 0.249. The highest BCUT2D eigenvalue weighted by molar-refractivity contribution is 6.09. The molecule has 3 nitrogen and oxygen atoms in total. The van der Waals surface area contributed by atoms with E-state index >= 15 is 0 Å². The van der Waals surface area contributed by atoms with Crippen LogP contribution in [0, 0.1) is 13.8 Å². The number of carbonyl (C=O) groups is 2. The Bertz CT molecular complexity index is 433. The van der Waals surface area contributed by atoms with Crippen molar-refractivity contribution in [3.05, 3.63) is 28.8 Å². The van der Waals surface area contributed by atoms with E-state index in [4.69, 9.17) is 4.74 Å². The van der Waals surface area contributed by atoms with E-state index in [9.17, 15) is 9.59 Å². The van der Waals surface area contributed by atoms with E-state index < -0.39 is 0 Å². The zero-order chi connectivity index (χ0) is 12.3. The van der Waals surface area contributed by atoms with E-state index in [1.165, 1.54) is 14.0 Å². The van der Waals surface area contributed by atoms with Gasteiger partial charge in [-0.1, -0.05) is 6.07 Å². The molecule has 0 unspecified atom stereocenters. The molecule has 0 atom stereocenters. The summed E-state index contributed by atoms with van der Waals surface area (Å²) < 4.78 is 5.20. The Balaban J connectivity index is 3.20. The number of ether oxygens (including phenoxy) is 1. The number of Topliss-reactive ketones (excluding diaryl/α,β-unsaturated/α-hetero) is 2. The molecule has 86 valence electrons. The van der Waals surface area contributed by atoms with Crippen molar-refractivity contribution in [3.8, 4) is 5.75 Å². The van der Waals surface area contributed by atoms with Crippen molar-refractivity contribution in [2.45, 2.75) is 27.2 Å². The lowest BCUT2D eigenvalue weighted by molar-refractivity contribution is -0.116. The summed E-state index contributed by atoms with van der Waals surface area (Å²) >= 11 is 0. The second-order valence-corrected chi connectivity index (χ2v) is 3.96. The van der Waals surface area contributed by atoms with E-state index in [0.717, 1.165) is 11.1 Å². The Morgan fingerprint density at radius 2 is 1.88 bits per heavy atom. The third kappa shape index (κ3) is 2.69. The Hall–Kier alpha value is -1.64. The van der Waals surface area contributed by atoms with Gasteiger partial charge in [-0.3, -0.25) is 9.59 Å². The van der Waals surface area contributed by atoms with E-state index in [1.54, 1.807) is 6.07 Å². The van der Waals surface area contributed by atoms with Crippen molar-refractivity contribution in [2.24, 2.45) is 0 Å². The van der Waals surface area contributed by atoms with Gasteiger partial charge in [0.1, 0.15) is 11.5 Å². The van der Waals surface area contributed by atoms with Crippen LogP contribution in [0.1, 0.15) is 34.8 Å². The lowest BCUT2D eigenvalue weighted by Gasteiger charge is -2.11. The molecule has 1 aromatic rings. The van der Waals surface area contributed by atoms with Crippen molar-refractivity contribution in [1.82, 2.24) is 0 Å². The van der Waals surface area contributed by atoms with Gasteiger partial charge in [0.05, 0.1) is 19.1 Å². The predicted octanol–water partition coefficient (Wildman–Crippen LogP) is 2.47. The molecule has 0 aliphatic carbocycles. The van der Waals surface area contributed by atoms with Gasteiger partial charge in [-0.05, 0) is 38.0 Å². The largest absolute Gasteiger partial charge is 0.496 e. The van der Waals surface area contributed by atoms with Crippen LogP contribution in [-0.4, -0.2) is 18.7 Å². The summed E-state index contributed by atoms with van der Waals surface area (Å²) in [5, 5.41) is 0. The molecule has 0 spiro atoms. The summed E-state index contributed by atoms with van der Waals surface area (Å²) in [6, 6.07) is 3.71. The predicted molar refractivity (Wildman–Crippen MR) is 62.1 cm³/mol. The molecule has 1 aromatic carbocycles. The van der Waals surface area contributed by atoms with Crippen LogP contribution in [0.15, 0.2) is 12.1 Å². The molecule has 0 bridgehead atoms. The lowest BCUT2D eigenvalue weighted by Crippen LogP contribution is -2.08. The lowest BCUT2D eigenvalue weighted by atomic mass is 10.00. The van der Waals surface area contributed by atoms with E-state index in [-0.39, 0.29) is 18.0 Å². The normalized spacial score (nSPS) is 10.0. The fourth-order valence-corrected chi connectivity index (χ4v) is 1.75. The summed E-state index contributed by atoms with van der Waals surface area (Å²) in [6.45, 7) is 5.21. The van der Waals surface area contributed by atoms with Gasteiger partial charge in [0.2, 0.25) is 0 Å². The van der Waals surface area contributed by atoms with Gasteiger partial charge in [0, 0.05) is 0 Å². The Morgan fingerprint density at radius 3 is 2.38 bits per heavy atom. The van der Waals surface area contributed by atoms with Crippen LogP contribution in [0.5, 0.6) is 5.75 Å². The maximum Gasteiger partial charge on any atom is 0.173 e. The van der Waals surface area contributed by atoms with Crippen LogP contribution in [-0.2, 0) is 4.79 Å². The maximum absolute atomic E-state index is 11.8. The smallest absolute Gasteiger partial charge is 0.173 e. The first-order chi connectivity index (χ1) is 7.45. The second kappa shape index (κ2) is 4.92. The molecule has 1 rings (SSSR count). The van der Waals surface area contributed by atoms with Crippen LogP contribution >= 0.6 is 0 Å². The molecular formula is C13H16O3. The summed E-state index contributed by atoms with van der Waals surface area (Å²) in [6.07, 6.45) is -0.0702. The topological polar surface area (TPSA) is 43.4 Å².